The van der Waals surface area contributed by atoms with Gasteiger partial charge in [0.15, 0.2) is 11.6 Å². The van der Waals surface area contributed by atoms with Gasteiger partial charge in [-0.25, -0.2) is 0 Å². The fourth-order valence-corrected chi connectivity index (χ4v) is 3.25. The highest BCUT2D eigenvalue weighted by molar-refractivity contribution is 5.51. The van der Waals surface area contributed by atoms with Crippen LogP contribution >= 0.6 is 0 Å². The van der Waals surface area contributed by atoms with Crippen LogP contribution in [0.2, 0.25) is 0 Å². The molecule has 1 aromatic rings. The Morgan fingerprint density at radius 1 is 1.00 bits per heavy atom. The van der Waals surface area contributed by atoms with E-state index in [9.17, 15) is 5.11 Å². The highest BCUT2D eigenvalue weighted by Crippen LogP contribution is 2.36. The third-order valence-corrected chi connectivity index (χ3v) is 4.48. The van der Waals surface area contributed by atoms with Crippen molar-refractivity contribution in [3.05, 3.63) is 35.9 Å². The molecule has 4 atom stereocenters. The van der Waals surface area contributed by atoms with Gasteiger partial charge in [-0.05, 0) is 45.4 Å². The van der Waals surface area contributed by atoms with Crippen molar-refractivity contribution in [3.63, 3.8) is 0 Å². The molecule has 6 nitrogen and oxygen atoms in total. The quantitative estimate of drug-likeness (QED) is 0.886. The molecule has 0 aliphatic carbocycles. The van der Waals surface area contributed by atoms with Crippen LogP contribution in [0.15, 0.2) is 30.3 Å². The largest absolute Gasteiger partial charge is 0.497 e. The predicted octanol–water partition coefficient (Wildman–Crippen LogP) is 2.74. The fourth-order valence-electron chi connectivity index (χ4n) is 3.25. The minimum atomic E-state index is -0.776. The summed E-state index contributed by atoms with van der Waals surface area (Å²) in [6, 6.07) is 7.74. The summed E-state index contributed by atoms with van der Waals surface area (Å²) < 4.78 is 28.7. The molecular weight excluding hydrogens is 336 g/mol. The normalized spacial score (nSPS) is 33.5. The zero-order chi connectivity index (χ0) is 18.9. The van der Waals surface area contributed by atoms with E-state index in [4.69, 9.17) is 23.7 Å². The van der Waals surface area contributed by atoms with Gasteiger partial charge in [0.2, 0.25) is 0 Å². The van der Waals surface area contributed by atoms with Gasteiger partial charge >= 0.3 is 0 Å². The van der Waals surface area contributed by atoms with E-state index in [2.05, 4.69) is 0 Å². The van der Waals surface area contributed by atoms with Gasteiger partial charge in [0.1, 0.15) is 30.2 Å². The highest BCUT2D eigenvalue weighted by atomic mass is 16.8. The topological polar surface area (TPSA) is 66.4 Å². The Hall–Kier alpha value is -1.44. The summed E-state index contributed by atoms with van der Waals surface area (Å²) in [6.07, 6.45) is 1.82. The van der Waals surface area contributed by atoms with E-state index in [1.165, 1.54) is 0 Å². The molecule has 1 N–H and O–H groups in total. The first-order valence-electron chi connectivity index (χ1n) is 8.87. The summed E-state index contributed by atoms with van der Waals surface area (Å²) in [6.45, 7) is 7.58. The Kier molecular flexibility index (Phi) is 5.42. The zero-order valence-electron chi connectivity index (χ0n) is 16.0. The number of aliphatic hydroxyl groups excluding tert-OH is 1. The molecule has 2 saturated heterocycles. The van der Waals surface area contributed by atoms with Gasteiger partial charge in [-0.3, -0.25) is 0 Å². The van der Waals surface area contributed by atoms with Gasteiger partial charge in [-0.2, -0.15) is 0 Å². The van der Waals surface area contributed by atoms with Crippen molar-refractivity contribution in [2.45, 2.75) is 63.7 Å². The van der Waals surface area contributed by atoms with E-state index < -0.39 is 29.9 Å². The summed E-state index contributed by atoms with van der Waals surface area (Å²) >= 11 is 0. The second kappa shape index (κ2) is 7.29. The number of ether oxygens (including phenoxy) is 5. The summed E-state index contributed by atoms with van der Waals surface area (Å²) in [7, 11) is 1.64. The van der Waals surface area contributed by atoms with E-state index >= 15 is 0 Å². The van der Waals surface area contributed by atoms with Crippen LogP contribution in [-0.4, -0.2) is 54.8 Å². The van der Waals surface area contributed by atoms with E-state index in [1.807, 2.05) is 64.1 Å². The van der Waals surface area contributed by atoms with Crippen molar-refractivity contribution in [3.8, 4) is 5.75 Å². The second-order valence-electron chi connectivity index (χ2n) is 7.56. The molecule has 3 rings (SSSR count). The van der Waals surface area contributed by atoms with Crippen LogP contribution < -0.4 is 4.74 Å². The number of hydrogen-bond acceptors (Lipinski definition) is 6. The zero-order valence-corrected chi connectivity index (χ0v) is 16.0. The molecule has 144 valence electrons. The monoisotopic (exact) mass is 364 g/mol. The second-order valence-corrected chi connectivity index (χ2v) is 7.56. The minimum absolute atomic E-state index is 0.201. The molecule has 0 radical (unpaired) electrons. The fraction of sp³-hybridized carbons (Fsp3) is 0.600. The molecule has 6 heteroatoms. The van der Waals surface area contributed by atoms with Gasteiger partial charge in [0, 0.05) is 0 Å². The molecule has 2 aliphatic heterocycles. The highest BCUT2D eigenvalue weighted by Gasteiger charge is 2.50. The van der Waals surface area contributed by atoms with Crippen molar-refractivity contribution >= 4 is 6.08 Å². The molecule has 0 bridgehead atoms. The standard InChI is InChI=1S/C20H28O6/c1-19(2)23-12-15(21)17(25-19)18-16(24-20(3,4)26-18)11-8-13-6-9-14(22-5)10-7-13/h6-11,15-18,21H,12H2,1-5H3/b11-8+/t15-,16-,17-,18-/m1/s1. The molecule has 0 aromatic heterocycles. The van der Waals surface area contributed by atoms with E-state index in [0.29, 0.717) is 0 Å². The lowest BCUT2D eigenvalue weighted by Crippen LogP contribution is -2.55. The molecule has 0 spiro atoms. The van der Waals surface area contributed by atoms with Crippen molar-refractivity contribution in [2.24, 2.45) is 0 Å². The van der Waals surface area contributed by atoms with Crippen LogP contribution in [0, 0.1) is 0 Å². The van der Waals surface area contributed by atoms with Crippen molar-refractivity contribution in [1.29, 1.82) is 0 Å². The lowest BCUT2D eigenvalue weighted by atomic mass is 10.0. The van der Waals surface area contributed by atoms with Crippen LogP contribution in [0.1, 0.15) is 33.3 Å². The number of hydrogen-bond donors (Lipinski definition) is 1. The van der Waals surface area contributed by atoms with E-state index in [1.54, 1.807) is 7.11 Å². The molecule has 26 heavy (non-hydrogen) atoms. The number of aliphatic hydroxyl groups is 1. The van der Waals surface area contributed by atoms with Crippen LogP contribution in [-0.2, 0) is 18.9 Å². The first kappa shape index (κ1) is 19.3. The van der Waals surface area contributed by atoms with E-state index in [-0.39, 0.29) is 12.7 Å². The summed E-state index contributed by atoms with van der Waals surface area (Å²) in [5.41, 5.74) is 1.02. The Balaban J connectivity index is 1.78. The first-order chi connectivity index (χ1) is 12.2. The van der Waals surface area contributed by atoms with E-state index in [0.717, 1.165) is 11.3 Å². The average molecular weight is 364 g/mol. The average Bonchev–Trinajstić information content (AvgIpc) is 2.90. The van der Waals surface area contributed by atoms with Crippen molar-refractivity contribution in [2.75, 3.05) is 13.7 Å². The number of rotatable bonds is 4. The Morgan fingerprint density at radius 2 is 1.65 bits per heavy atom. The smallest absolute Gasteiger partial charge is 0.164 e. The molecular formula is C20H28O6. The lowest BCUT2D eigenvalue weighted by Gasteiger charge is -2.41. The molecule has 0 amide bonds. The van der Waals surface area contributed by atoms with Crippen LogP contribution in [0.3, 0.4) is 0 Å². The molecule has 2 heterocycles. The Morgan fingerprint density at radius 3 is 2.31 bits per heavy atom. The van der Waals surface area contributed by atoms with Gasteiger partial charge in [0.25, 0.3) is 0 Å². The number of methoxy groups -OCH3 is 1. The van der Waals surface area contributed by atoms with Crippen LogP contribution in [0.25, 0.3) is 6.08 Å². The van der Waals surface area contributed by atoms with Crippen LogP contribution in [0.4, 0.5) is 0 Å². The van der Waals surface area contributed by atoms with Gasteiger partial charge in [-0.1, -0.05) is 24.3 Å². The minimum Gasteiger partial charge on any atom is -0.497 e. The molecule has 0 saturated carbocycles. The summed E-state index contributed by atoms with van der Waals surface area (Å²) in [5, 5.41) is 10.4. The van der Waals surface area contributed by atoms with Gasteiger partial charge in [-0.15, -0.1) is 0 Å². The third kappa shape index (κ3) is 4.45. The number of benzene rings is 1. The van der Waals surface area contributed by atoms with Crippen molar-refractivity contribution < 1.29 is 28.8 Å². The predicted molar refractivity (Wildman–Crippen MR) is 96.8 cm³/mol. The Labute approximate surface area is 154 Å². The molecule has 1 aromatic carbocycles. The lowest BCUT2D eigenvalue weighted by molar-refractivity contribution is -0.322. The van der Waals surface area contributed by atoms with Gasteiger partial charge in [0.05, 0.1) is 13.7 Å². The molecule has 2 fully saturated rings. The summed E-state index contributed by atoms with van der Waals surface area (Å²) in [5.74, 6) is -0.724. The SMILES string of the molecule is COc1ccc(/C=C/[C@H]2OC(C)(C)O[C@H]2[C@@H]2OC(C)(C)OC[C@H]2O)cc1. The maximum absolute atomic E-state index is 10.4. The van der Waals surface area contributed by atoms with Crippen molar-refractivity contribution in [1.82, 2.24) is 0 Å². The third-order valence-electron chi connectivity index (χ3n) is 4.48. The maximum atomic E-state index is 10.4. The first-order valence-corrected chi connectivity index (χ1v) is 8.87. The van der Waals surface area contributed by atoms with Crippen LogP contribution in [0.5, 0.6) is 5.75 Å². The molecule has 2 aliphatic rings. The summed E-state index contributed by atoms with van der Waals surface area (Å²) in [4.78, 5) is 0. The molecule has 0 unspecified atom stereocenters. The Bertz CT molecular complexity index is 636. The van der Waals surface area contributed by atoms with Gasteiger partial charge < -0.3 is 28.8 Å². The maximum Gasteiger partial charge on any atom is 0.164 e.